The highest BCUT2D eigenvalue weighted by molar-refractivity contribution is 6.30. The SMILES string of the molecule is COCCC1(O)CCN(Cc2ccc(Cl)cc2)CC1C. The second kappa shape index (κ2) is 6.90. The highest BCUT2D eigenvalue weighted by Crippen LogP contribution is 2.31. The van der Waals surface area contributed by atoms with Gasteiger partial charge in [-0.3, -0.25) is 4.90 Å². The number of halogens is 1. The lowest BCUT2D eigenvalue weighted by molar-refractivity contribution is -0.0827. The van der Waals surface area contributed by atoms with E-state index in [1.807, 2.05) is 12.1 Å². The van der Waals surface area contributed by atoms with Crippen LogP contribution in [0.1, 0.15) is 25.3 Å². The molecule has 1 aliphatic heterocycles. The van der Waals surface area contributed by atoms with Crippen molar-refractivity contribution in [3.05, 3.63) is 34.9 Å². The molecular formula is C16H24ClNO2. The largest absolute Gasteiger partial charge is 0.389 e. The number of ether oxygens (including phenoxy) is 1. The van der Waals surface area contributed by atoms with Gasteiger partial charge in [-0.15, -0.1) is 0 Å². The first-order valence-electron chi connectivity index (χ1n) is 7.21. The molecule has 1 aromatic carbocycles. The van der Waals surface area contributed by atoms with Crippen molar-refractivity contribution >= 4 is 11.6 Å². The Balaban J connectivity index is 1.90. The molecule has 0 amide bonds. The molecular weight excluding hydrogens is 274 g/mol. The molecule has 112 valence electrons. The van der Waals surface area contributed by atoms with Crippen LogP contribution in [-0.4, -0.2) is 42.4 Å². The number of likely N-dealkylation sites (tertiary alicyclic amines) is 1. The maximum Gasteiger partial charge on any atom is 0.0719 e. The number of hydrogen-bond donors (Lipinski definition) is 1. The van der Waals surface area contributed by atoms with Crippen LogP contribution in [-0.2, 0) is 11.3 Å². The average molecular weight is 298 g/mol. The van der Waals surface area contributed by atoms with E-state index in [4.69, 9.17) is 16.3 Å². The zero-order valence-electron chi connectivity index (χ0n) is 12.3. The summed E-state index contributed by atoms with van der Waals surface area (Å²) < 4.78 is 5.11. The van der Waals surface area contributed by atoms with Crippen LogP contribution in [0.25, 0.3) is 0 Å². The standard InChI is InChI=1S/C16H24ClNO2/c1-13-11-18(9-7-16(13,19)8-10-20-2)12-14-3-5-15(17)6-4-14/h3-6,13,19H,7-12H2,1-2H3. The van der Waals surface area contributed by atoms with E-state index in [0.29, 0.717) is 6.61 Å². The molecule has 1 fully saturated rings. The summed E-state index contributed by atoms with van der Waals surface area (Å²) in [5.41, 5.74) is 0.691. The predicted molar refractivity (Wildman–Crippen MR) is 82.0 cm³/mol. The van der Waals surface area contributed by atoms with E-state index >= 15 is 0 Å². The fraction of sp³-hybridized carbons (Fsp3) is 0.625. The van der Waals surface area contributed by atoms with Crippen molar-refractivity contribution in [3.8, 4) is 0 Å². The van der Waals surface area contributed by atoms with E-state index in [2.05, 4.69) is 24.0 Å². The quantitative estimate of drug-likeness (QED) is 0.907. The minimum atomic E-state index is -0.577. The fourth-order valence-electron chi connectivity index (χ4n) is 2.89. The Morgan fingerprint density at radius 1 is 1.40 bits per heavy atom. The van der Waals surface area contributed by atoms with Crippen molar-refractivity contribution < 1.29 is 9.84 Å². The molecule has 0 aromatic heterocycles. The monoisotopic (exact) mass is 297 g/mol. The Hall–Kier alpha value is -0.610. The Morgan fingerprint density at radius 3 is 2.70 bits per heavy atom. The summed E-state index contributed by atoms with van der Waals surface area (Å²) in [6.45, 7) is 5.51. The fourth-order valence-corrected chi connectivity index (χ4v) is 3.01. The summed E-state index contributed by atoms with van der Waals surface area (Å²) in [5.74, 6) is 0.263. The first-order valence-corrected chi connectivity index (χ1v) is 7.59. The first-order chi connectivity index (χ1) is 9.53. The predicted octanol–water partition coefficient (Wildman–Crippen LogP) is 2.95. The number of aliphatic hydroxyl groups is 1. The minimum absolute atomic E-state index is 0.263. The number of piperidine rings is 1. The Labute approximate surface area is 126 Å². The lowest BCUT2D eigenvalue weighted by Gasteiger charge is -2.43. The van der Waals surface area contributed by atoms with Gasteiger partial charge in [-0.2, -0.15) is 0 Å². The Morgan fingerprint density at radius 2 is 2.10 bits per heavy atom. The topological polar surface area (TPSA) is 32.7 Å². The van der Waals surface area contributed by atoms with Crippen LogP contribution in [0.2, 0.25) is 5.02 Å². The second-order valence-electron chi connectivity index (χ2n) is 5.86. The summed E-state index contributed by atoms with van der Waals surface area (Å²) in [4.78, 5) is 2.40. The summed E-state index contributed by atoms with van der Waals surface area (Å²) in [6, 6.07) is 8.00. The van der Waals surface area contributed by atoms with Crippen molar-refractivity contribution in [3.63, 3.8) is 0 Å². The van der Waals surface area contributed by atoms with E-state index in [0.717, 1.165) is 37.5 Å². The molecule has 3 nitrogen and oxygen atoms in total. The van der Waals surface area contributed by atoms with Crippen molar-refractivity contribution in [2.75, 3.05) is 26.8 Å². The Kier molecular flexibility index (Phi) is 5.44. The average Bonchev–Trinajstić information content (AvgIpc) is 2.44. The summed E-state index contributed by atoms with van der Waals surface area (Å²) in [5, 5.41) is 11.4. The highest BCUT2D eigenvalue weighted by Gasteiger charge is 2.38. The zero-order valence-corrected chi connectivity index (χ0v) is 13.1. The first kappa shape index (κ1) is 15.8. The molecule has 1 heterocycles. The smallest absolute Gasteiger partial charge is 0.0719 e. The van der Waals surface area contributed by atoms with Crippen molar-refractivity contribution in [2.45, 2.75) is 31.9 Å². The normalized spacial score (nSPS) is 27.7. The molecule has 0 spiro atoms. The molecule has 1 aromatic rings. The molecule has 0 radical (unpaired) electrons. The molecule has 0 bridgehead atoms. The van der Waals surface area contributed by atoms with Gasteiger partial charge in [-0.1, -0.05) is 30.7 Å². The number of rotatable bonds is 5. The van der Waals surface area contributed by atoms with Crippen molar-refractivity contribution in [1.29, 1.82) is 0 Å². The zero-order chi connectivity index (χ0) is 14.6. The van der Waals surface area contributed by atoms with E-state index in [-0.39, 0.29) is 5.92 Å². The minimum Gasteiger partial charge on any atom is -0.389 e. The van der Waals surface area contributed by atoms with E-state index in [1.165, 1.54) is 5.56 Å². The third-order valence-electron chi connectivity index (χ3n) is 4.37. The van der Waals surface area contributed by atoms with Gasteiger partial charge in [0.1, 0.15) is 0 Å². The van der Waals surface area contributed by atoms with E-state index in [1.54, 1.807) is 7.11 Å². The lowest BCUT2D eigenvalue weighted by atomic mass is 9.80. The third kappa shape index (κ3) is 3.95. The van der Waals surface area contributed by atoms with Crippen LogP contribution < -0.4 is 0 Å². The molecule has 1 saturated heterocycles. The van der Waals surface area contributed by atoms with Gasteiger partial charge in [0.25, 0.3) is 0 Å². The van der Waals surface area contributed by atoms with Gasteiger partial charge in [0, 0.05) is 38.4 Å². The Bertz CT molecular complexity index is 423. The van der Waals surface area contributed by atoms with Crippen LogP contribution in [0.15, 0.2) is 24.3 Å². The van der Waals surface area contributed by atoms with Crippen molar-refractivity contribution in [1.82, 2.24) is 4.90 Å². The van der Waals surface area contributed by atoms with Crippen LogP contribution in [0.4, 0.5) is 0 Å². The van der Waals surface area contributed by atoms with Crippen LogP contribution in [0.3, 0.4) is 0 Å². The summed E-state index contributed by atoms with van der Waals surface area (Å²) >= 11 is 5.90. The number of hydrogen-bond acceptors (Lipinski definition) is 3. The highest BCUT2D eigenvalue weighted by atomic mass is 35.5. The summed E-state index contributed by atoms with van der Waals surface area (Å²) in [6.07, 6.45) is 1.53. The molecule has 4 heteroatoms. The molecule has 2 unspecified atom stereocenters. The van der Waals surface area contributed by atoms with Crippen LogP contribution in [0, 0.1) is 5.92 Å². The van der Waals surface area contributed by atoms with Gasteiger partial charge in [0.2, 0.25) is 0 Å². The van der Waals surface area contributed by atoms with E-state index < -0.39 is 5.60 Å². The van der Waals surface area contributed by atoms with Gasteiger partial charge in [-0.05, 0) is 36.5 Å². The van der Waals surface area contributed by atoms with Gasteiger partial charge < -0.3 is 9.84 Å². The molecule has 0 aliphatic carbocycles. The van der Waals surface area contributed by atoms with Crippen LogP contribution >= 0.6 is 11.6 Å². The molecule has 1 N–H and O–H groups in total. The molecule has 0 saturated carbocycles. The maximum absolute atomic E-state index is 10.7. The molecule has 2 rings (SSSR count). The van der Waals surface area contributed by atoms with Gasteiger partial charge in [0.05, 0.1) is 5.60 Å². The van der Waals surface area contributed by atoms with Crippen molar-refractivity contribution in [2.24, 2.45) is 5.92 Å². The second-order valence-corrected chi connectivity index (χ2v) is 6.30. The van der Waals surface area contributed by atoms with Gasteiger partial charge >= 0.3 is 0 Å². The molecule has 2 atom stereocenters. The molecule has 20 heavy (non-hydrogen) atoms. The number of methoxy groups -OCH3 is 1. The van der Waals surface area contributed by atoms with Crippen LogP contribution in [0.5, 0.6) is 0 Å². The van der Waals surface area contributed by atoms with Gasteiger partial charge in [-0.25, -0.2) is 0 Å². The molecule has 1 aliphatic rings. The third-order valence-corrected chi connectivity index (χ3v) is 4.62. The number of nitrogens with zero attached hydrogens (tertiary/aromatic N) is 1. The van der Waals surface area contributed by atoms with Gasteiger partial charge in [0.15, 0.2) is 0 Å². The van der Waals surface area contributed by atoms with E-state index in [9.17, 15) is 5.11 Å². The summed E-state index contributed by atoms with van der Waals surface area (Å²) in [7, 11) is 1.68. The maximum atomic E-state index is 10.7. The number of benzene rings is 1. The lowest BCUT2D eigenvalue weighted by Crippen LogP contribution is -2.50.